The van der Waals surface area contributed by atoms with Crippen LogP contribution < -0.4 is 15.5 Å². The van der Waals surface area contributed by atoms with Crippen molar-refractivity contribution < 1.29 is 4.79 Å². The highest BCUT2D eigenvalue weighted by atomic mass is 16.2. The molecule has 0 saturated carbocycles. The summed E-state index contributed by atoms with van der Waals surface area (Å²) in [6, 6.07) is 16.1. The van der Waals surface area contributed by atoms with Crippen molar-refractivity contribution in [2.24, 2.45) is 7.05 Å². The summed E-state index contributed by atoms with van der Waals surface area (Å²) in [7, 11) is 4.06. The van der Waals surface area contributed by atoms with E-state index >= 15 is 0 Å². The van der Waals surface area contributed by atoms with E-state index in [-0.39, 0.29) is 5.91 Å². The molecule has 2 N–H and O–H groups in total. The van der Waals surface area contributed by atoms with Crippen LogP contribution in [0.1, 0.15) is 40.5 Å². The number of carbonyl (C=O) groups is 1. The van der Waals surface area contributed by atoms with E-state index in [1.165, 1.54) is 11.3 Å². The standard InChI is InChI=1S/C31H36N8O/c1-4-21-19-24(39-17-15-37(2)16-18-39)13-14-26(21)34-31-32-20-22-9-8-12-25-28(36-38(3)29(25)27(22)35-31)30(40)33-23-10-6-5-7-11-23/h5-7,10-11,13-14,19-20H,4,8-9,12,15-18H2,1-3H3,(H,33,40)(H,32,34,35). The number of amides is 1. The SMILES string of the molecule is CCc1cc(N2CCN(C)CC2)ccc1Nc1ncc2c(n1)-c1c(c(C(=O)Nc3ccccc3)nn1C)CCC2. The Balaban J connectivity index is 1.29. The molecule has 0 radical (unpaired) electrons. The van der Waals surface area contributed by atoms with Gasteiger partial charge in [-0.2, -0.15) is 5.10 Å². The first-order chi connectivity index (χ1) is 19.5. The first-order valence-electron chi connectivity index (χ1n) is 14.1. The number of hydrogen-bond donors (Lipinski definition) is 2. The van der Waals surface area contributed by atoms with E-state index < -0.39 is 0 Å². The normalized spacial score (nSPS) is 15.2. The lowest BCUT2D eigenvalue weighted by Gasteiger charge is -2.34. The number of benzene rings is 2. The van der Waals surface area contributed by atoms with Crippen molar-refractivity contribution in [3.05, 3.63) is 77.1 Å². The quantitative estimate of drug-likeness (QED) is 0.370. The number of aromatic nitrogens is 4. The first kappa shape index (κ1) is 26.0. The van der Waals surface area contributed by atoms with Crippen molar-refractivity contribution in [1.29, 1.82) is 0 Å². The van der Waals surface area contributed by atoms with Gasteiger partial charge in [-0.1, -0.05) is 25.1 Å². The largest absolute Gasteiger partial charge is 0.369 e. The lowest BCUT2D eigenvalue weighted by atomic mass is 10.1. The number of fused-ring (bicyclic) bond motifs is 3. The number of aryl methyl sites for hydroxylation is 3. The molecule has 9 heteroatoms. The molecule has 9 nitrogen and oxygen atoms in total. The molecule has 1 amide bonds. The van der Waals surface area contributed by atoms with Gasteiger partial charge >= 0.3 is 0 Å². The monoisotopic (exact) mass is 536 g/mol. The Bertz CT molecular complexity index is 1520. The van der Waals surface area contributed by atoms with E-state index in [4.69, 9.17) is 4.98 Å². The molecule has 1 aliphatic carbocycles. The zero-order chi connectivity index (χ0) is 27.6. The van der Waals surface area contributed by atoms with Crippen LogP contribution in [0.15, 0.2) is 54.7 Å². The molecule has 40 heavy (non-hydrogen) atoms. The molecule has 6 rings (SSSR count). The van der Waals surface area contributed by atoms with Gasteiger partial charge in [0, 0.05) is 62.0 Å². The van der Waals surface area contributed by atoms with Crippen LogP contribution in [0.3, 0.4) is 0 Å². The third-order valence-corrected chi connectivity index (χ3v) is 7.94. The molecule has 1 fully saturated rings. The summed E-state index contributed by atoms with van der Waals surface area (Å²) in [4.78, 5) is 27.7. The van der Waals surface area contributed by atoms with Crippen LogP contribution in [0.5, 0.6) is 0 Å². The van der Waals surface area contributed by atoms with Crippen LogP contribution in [0.25, 0.3) is 11.4 Å². The molecule has 4 aromatic rings. The third kappa shape index (κ3) is 5.16. The predicted molar refractivity (Wildman–Crippen MR) is 159 cm³/mol. The molecular formula is C31H36N8O. The average Bonchev–Trinajstić information content (AvgIpc) is 3.18. The number of hydrogen-bond acceptors (Lipinski definition) is 7. The molecule has 0 spiro atoms. The van der Waals surface area contributed by atoms with Gasteiger partial charge in [0.2, 0.25) is 5.95 Å². The molecule has 1 saturated heterocycles. The molecule has 206 valence electrons. The fourth-order valence-corrected chi connectivity index (χ4v) is 5.68. The van der Waals surface area contributed by atoms with Gasteiger partial charge < -0.3 is 20.4 Å². The van der Waals surface area contributed by atoms with E-state index in [9.17, 15) is 4.79 Å². The minimum absolute atomic E-state index is 0.202. The number of rotatable bonds is 6. The number of carbonyl (C=O) groups excluding carboxylic acids is 1. The Morgan fingerprint density at radius 3 is 2.58 bits per heavy atom. The molecule has 3 heterocycles. The lowest BCUT2D eigenvalue weighted by Crippen LogP contribution is -2.44. The van der Waals surface area contributed by atoms with Crippen molar-refractivity contribution in [2.75, 3.05) is 48.8 Å². The average molecular weight is 537 g/mol. The Labute approximate surface area is 235 Å². The maximum Gasteiger partial charge on any atom is 0.276 e. The van der Waals surface area contributed by atoms with Crippen LogP contribution in [-0.2, 0) is 26.3 Å². The van der Waals surface area contributed by atoms with Crippen molar-refractivity contribution in [2.45, 2.75) is 32.6 Å². The lowest BCUT2D eigenvalue weighted by molar-refractivity contribution is 0.102. The van der Waals surface area contributed by atoms with Crippen LogP contribution >= 0.6 is 0 Å². The molecule has 2 aliphatic rings. The van der Waals surface area contributed by atoms with Crippen molar-refractivity contribution >= 4 is 28.9 Å². The maximum absolute atomic E-state index is 13.2. The van der Waals surface area contributed by atoms with Crippen molar-refractivity contribution in [1.82, 2.24) is 24.6 Å². The van der Waals surface area contributed by atoms with Gasteiger partial charge in [-0.05, 0) is 74.2 Å². The highest BCUT2D eigenvalue weighted by Gasteiger charge is 2.28. The van der Waals surface area contributed by atoms with Crippen molar-refractivity contribution in [3.8, 4) is 11.4 Å². The van der Waals surface area contributed by atoms with Gasteiger partial charge in [-0.25, -0.2) is 9.97 Å². The number of nitrogens with one attached hydrogen (secondary N) is 2. The first-order valence-corrected chi connectivity index (χ1v) is 14.1. The molecule has 0 bridgehead atoms. The van der Waals surface area contributed by atoms with Gasteiger partial charge in [0.05, 0.1) is 11.4 Å². The third-order valence-electron chi connectivity index (χ3n) is 7.94. The van der Waals surface area contributed by atoms with E-state index in [1.807, 2.05) is 43.6 Å². The summed E-state index contributed by atoms with van der Waals surface area (Å²) in [5.74, 6) is 0.345. The second kappa shape index (κ2) is 11.1. The predicted octanol–water partition coefficient (Wildman–Crippen LogP) is 4.68. The van der Waals surface area contributed by atoms with Gasteiger partial charge in [-0.15, -0.1) is 0 Å². The Hall–Kier alpha value is -4.24. The Morgan fingerprint density at radius 1 is 1.00 bits per heavy atom. The van der Waals surface area contributed by atoms with E-state index in [2.05, 4.69) is 62.7 Å². The second-order valence-electron chi connectivity index (χ2n) is 10.7. The maximum atomic E-state index is 13.2. The van der Waals surface area contributed by atoms with Crippen LogP contribution in [0.2, 0.25) is 0 Å². The minimum atomic E-state index is -0.202. The van der Waals surface area contributed by atoms with Crippen LogP contribution in [0.4, 0.5) is 23.0 Å². The Kier molecular flexibility index (Phi) is 7.21. The van der Waals surface area contributed by atoms with Gasteiger partial charge in [0.25, 0.3) is 5.91 Å². The summed E-state index contributed by atoms with van der Waals surface area (Å²) in [5.41, 5.74) is 8.45. The molecule has 0 unspecified atom stereocenters. The zero-order valence-electron chi connectivity index (χ0n) is 23.4. The minimum Gasteiger partial charge on any atom is -0.369 e. The molecule has 2 aromatic carbocycles. The van der Waals surface area contributed by atoms with Crippen molar-refractivity contribution in [3.63, 3.8) is 0 Å². The smallest absolute Gasteiger partial charge is 0.276 e. The molecule has 1 aliphatic heterocycles. The highest BCUT2D eigenvalue weighted by molar-refractivity contribution is 6.05. The number of para-hydroxylation sites is 1. The fraction of sp³-hybridized carbons (Fsp3) is 0.355. The highest BCUT2D eigenvalue weighted by Crippen LogP contribution is 2.34. The Morgan fingerprint density at radius 2 is 1.80 bits per heavy atom. The van der Waals surface area contributed by atoms with E-state index in [0.29, 0.717) is 11.6 Å². The van der Waals surface area contributed by atoms with Crippen LogP contribution in [-0.4, -0.2) is 63.8 Å². The summed E-state index contributed by atoms with van der Waals surface area (Å²) in [6.45, 7) is 6.42. The number of piperazine rings is 1. The van der Waals surface area contributed by atoms with Gasteiger partial charge in [0.1, 0.15) is 0 Å². The summed E-state index contributed by atoms with van der Waals surface area (Å²) < 4.78 is 1.79. The van der Waals surface area contributed by atoms with E-state index in [0.717, 1.165) is 85.8 Å². The molecule has 0 atom stereocenters. The van der Waals surface area contributed by atoms with E-state index in [1.54, 1.807) is 4.68 Å². The summed E-state index contributed by atoms with van der Waals surface area (Å²) in [6.07, 6.45) is 5.33. The number of likely N-dealkylation sites (N-methyl/N-ethyl adjacent to an activating group) is 1. The molecular weight excluding hydrogens is 500 g/mol. The number of anilines is 4. The zero-order valence-corrected chi connectivity index (χ0v) is 23.4. The molecule has 2 aromatic heterocycles. The fourth-order valence-electron chi connectivity index (χ4n) is 5.68. The summed E-state index contributed by atoms with van der Waals surface area (Å²) in [5, 5.41) is 11.1. The van der Waals surface area contributed by atoms with Gasteiger partial charge in [-0.3, -0.25) is 9.48 Å². The second-order valence-corrected chi connectivity index (χ2v) is 10.7. The number of nitrogens with zero attached hydrogens (tertiary/aromatic N) is 6. The van der Waals surface area contributed by atoms with Crippen LogP contribution in [0, 0.1) is 0 Å². The van der Waals surface area contributed by atoms with Gasteiger partial charge in [0.15, 0.2) is 5.69 Å². The summed E-state index contributed by atoms with van der Waals surface area (Å²) >= 11 is 0. The topological polar surface area (TPSA) is 91.2 Å².